The van der Waals surface area contributed by atoms with Gasteiger partial charge in [-0.3, -0.25) is 4.79 Å². The summed E-state index contributed by atoms with van der Waals surface area (Å²) in [6.45, 7) is 0. The molecule has 0 amide bonds. The molecule has 4 heteroatoms. The summed E-state index contributed by atoms with van der Waals surface area (Å²) in [5.74, 6) is -1.10. The Hall–Kier alpha value is -2.91. The molecule has 1 aliphatic rings. The van der Waals surface area contributed by atoms with Gasteiger partial charge in [-0.1, -0.05) is 108 Å². The molecule has 0 bridgehead atoms. The van der Waals surface area contributed by atoms with Crippen LogP contribution in [0.4, 0.5) is 0 Å². The molecule has 0 spiro atoms. The van der Waals surface area contributed by atoms with Crippen molar-refractivity contribution >= 4 is 29.0 Å². The van der Waals surface area contributed by atoms with Gasteiger partial charge in [0.1, 0.15) is 5.60 Å². The molecule has 1 N–H and O–H groups in total. The van der Waals surface area contributed by atoms with E-state index in [4.69, 9.17) is 23.2 Å². The quantitative estimate of drug-likeness (QED) is 0.294. The molecule has 5 rings (SSSR count). The van der Waals surface area contributed by atoms with E-state index >= 15 is 0 Å². The van der Waals surface area contributed by atoms with Crippen LogP contribution in [-0.4, -0.2) is 10.9 Å². The number of carbonyl (C=O) groups is 1. The van der Waals surface area contributed by atoms with Gasteiger partial charge in [0.05, 0.1) is 5.92 Å². The second-order valence-corrected chi connectivity index (χ2v) is 9.81. The number of hydrogen-bond acceptors (Lipinski definition) is 2. The number of aliphatic hydroxyl groups is 1. The van der Waals surface area contributed by atoms with E-state index in [1.54, 1.807) is 0 Å². The third-order valence-electron chi connectivity index (χ3n) is 7.01. The number of ketones is 1. The zero-order valence-electron chi connectivity index (χ0n) is 18.4. The molecule has 1 aliphatic carbocycles. The number of benzene rings is 4. The van der Waals surface area contributed by atoms with Crippen LogP contribution in [0.1, 0.15) is 45.3 Å². The smallest absolute Gasteiger partial charge is 0.169 e. The SMILES string of the molecule is O=C(c1ccccc1)C1C(c2ccc(Cl)cc2)C(c2ccc(Cl)cc2)CC1(O)c1ccccc1. The van der Waals surface area contributed by atoms with Crippen molar-refractivity contribution in [3.05, 3.63) is 141 Å². The summed E-state index contributed by atoms with van der Waals surface area (Å²) in [5, 5.41) is 13.6. The molecule has 0 heterocycles. The summed E-state index contributed by atoms with van der Waals surface area (Å²) in [6, 6.07) is 34.2. The molecule has 4 aromatic carbocycles. The molecule has 0 aromatic heterocycles. The van der Waals surface area contributed by atoms with Crippen LogP contribution in [0.5, 0.6) is 0 Å². The van der Waals surface area contributed by atoms with Crippen LogP contribution in [0.25, 0.3) is 0 Å². The van der Waals surface area contributed by atoms with E-state index in [0.717, 1.165) is 16.7 Å². The van der Waals surface area contributed by atoms with E-state index < -0.39 is 11.5 Å². The van der Waals surface area contributed by atoms with Crippen LogP contribution in [0, 0.1) is 5.92 Å². The van der Waals surface area contributed by atoms with Gasteiger partial charge in [0, 0.05) is 21.5 Å². The highest BCUT2D eigenvalue weighted by molar-refractivity contribution is 6.30. The Morgan fingerprint density at radius 1 is 0.706 bits per heavy atom. The molecular formula is C30H24Cl2O2. The molecule has 0 aliphatic heterocycles. The second-order valence-electron chi connectivity index (χ2n) is 8.94. The summed E-state index contributed by atoms with van der Waals surface area (Å²) in [6.07, 6.45) is 0.412. The highest BCUT2D eigenvalue weighted by Crippen LogP contribution is 2.59. The maximum atomic E-state index is 14.1. The van der Waals surface area contributed by atoms with Crippen LogP contribution in [0.15, 0.2) is 109 Å². The first-order valence-electron chi connectivity index (χ1n) is 11.4. The van der Waals surface area contributed by atoms with Gasteiger partial charge in [-0.15, -0.1) is 0 Å². The second kappa shape index (κ2) is 9.38. The Bertz CT molecular complexity index is 1270. The summed E-state index contributed by atoms with van der Waals surface area (Å²) in [5.41, 5.74) is 2.02. The normalized spacial score (nSPS) is 24.1. The van der Waals surface area contributed by atoms with Gasteiger partial charge in [0.25, 0.3) is 0 Å². The number of halogens is 2. The van der Waals surface area contributed by atoms with Crippen LogP contribution in [-0.2, 0) is 5.60 Å². The maximum absolute atomic E-state index is 14.1. The molecule has 1 fully saturated rings. The minimum Gasteiger partial charge on any atom is -0.384 e. The van der Waals surface area contributed by atoms with Gasteiger partial charge in [-0.2, -0.15) is 0 Å². The lowest BCUT2D eigenvalue weighted by atomic mass is 9.73. The third kappa shape index (κ3) is 4.18. The van der Waals surface area contributed by atoms with Crippen LogP contribution >= 0.6 is 23.2 Å². The topological polar surface area (TPSA) is 37.3 Å². The standard InChI is InChI=1S/C30H24Cl2O2/c31-24-15-11-20(12-16-24)26-19-30(34,23-9-5-2-6-10-23)28(29(33)22-7-3-1-4-8-22)27(26)21-13-17-25(32)18-14-21/h1-18,26-28,34H,19H2. The van der Waals surface area contributed by atoms with Crippen molar-refractivity contribution in [2.45, 2.75) is 23.9 Å². The summed E-state index contributed by atoms with van der Waals surface area (Å²) in [4.78, 5) is 14.1. The molecule has 170 valence electrons. The monoisotopic (exact) mass is 486 g/mol. The number of Topliss-reactive ketones (excluding diaryl/α,β-unsaturated/α-hetero) is 1. The predicted molar refractivity (Wildman–Crippen MR) is 138 cm³/mol. The zero-order valence-corrected chi connectivity index (χ0v) is 20.0. The molecule has 4 atom stereocenters. The lowest BCUT2D eigenvalue weighted by Crippen LogP contribution is -2.37. The van der Waals surface area contributed by atoms with Crippen molar-refractivity contribution in [2.24, 2.45) is 5.92 Å². The molecule has 4 aromatic rings. The van der Waals surface area contributed by atoms with Gasteiger partial charge in [0.15, 0.2) is 5.78 Å². The Morgan fingerprint density at radius 2 is 1.21 bits per heavy atom. The fourth-order valence-electron chi connectivity index (χ4n) is 5.45. The van der Waals surface area contributed by atoms with E-state index in [0.29, 0.717) is 22.0 Å². The number of carbonyl (C=O) groups excluding carboxylic acids is 1. The van der Waals surface area contributed by atoms with E-state index in [1.807, 2.05) is 109 Å². The van der Waals surface area contributed by atoms with Crippen molar-refractivity contribution in [2.75, 3.05) is 0 Å². The number of hydrogen-bond donors (Lipinski definition) is 1. The van der Waals surface area contributed by atoms with Crippen LogP contribution in [0.2, 0.25) is 10.0 Å². The molecule has 34 heavy (non-hydrogen) atoms. The first-order chi connectivity index (χ1) is 16.5. The molecule has 0 radical (unpaired) electrons. The molecule has 0 saturated heterocycles. The highest BCUT2D eigenvalue weighted by atomic mass is 35.5. The molecule has 1 saturated carbocycles. The fourth-order valence-corrected chi connectivity index (χ4v) is 5.70. The van der Waals surface area contributed by atoms with Crippen LogP contribution in [0.3, 0.4) is 0 Å². The van der Waals surface area contributed by atoms with Crippen molar-refractivity contribution < 1.29 is 9.90 Å². The van der Waals surface area contributed by atoms with Gasteiger partial charge >= 0.3 is 0 Å². The highest BCUT2D eigenvalue weighted by Gasteiger charge is 2.57. The van der Waals surface area contributed by atoms with Crippen molar-refractivity contribution in [1.29, 1.82) is 0 Å². The Kier molecular flexibility index (Phi) is 6.31. The average molecular weight is 487 g/mol. The van der Waals surface area contributed by atoms with E-state index in [1.165, 1.54) is 0 Å². The first-order valence-corrected chi connectivity index (χ1v) is 12.1. The van der Waals surface area contributed by atoms with Crippen molar-refractivity contribution in [3.63, 3.8) is 0 Å². The van der Waals surface area contributed by atoms with Gasteiger partial charge in [-0.25, -0.2) is 0 Å². The van der Waals surface area contributed by atoms with Gasteiger partial charge in [0.2, 0.25) is 0 Å². The molecular weight excluding hydrogens is 463 g/mol. The van der Waals surface area contributed by atoms with Gasteiger partial charge < -0.3 is 5.11 Å². The Balaban J connectivity index is 1.72. The summed E-state index contributed by atoms with van der Waals surface area (Å²) >= 11 is 12.4. The number of rotatable bonds is 5. The van der Waals surface area contributed by atoms with E-state index in [9.17, 15) is 9.90 Å². The molecule has 4 unspecified atom stereocenters. The summed E-state index contributed by atoms with van der Waals surface area (Å²) < 4.78 is 0. The first kappa shape index (κ1) is 22.9. The maximum Gasteiger partial charge on any atom is 0.169 e. The third-order valence-corrected chi connectivity index (χ3v) is 7.51. The fraction of sp³-hybridized carbons (Fsp3) is 0.167. The van der Waals surface area contributed by atoms with Crippen molar-refractivity contribution in [3.8, 4) is 0 Å². The lowest BCUT2D eigenvalue weighted by molar-refractivity contribution is -0.000254. The minimum atomic E-state index is -1.34. The van der Waals surface area contributed by atoms with Gasteiger partial charge in [-0.05, 0) is 53.3 Å². The van der Waals surface area contributed by atoms with Crippen molar-refractivity contribution in [1.82, 2.24) is 0 Å². The summed E-state index contributed by atoms with van der Waals surface area (Å²) in [7, 11) is 0. The minimum absolute atomic E-state index is 0.0663. The zero-order chi connectivity index (χ0) is 23.7. The van der Waals surface area contributed by atoms with Crippen LogP contribution < -0.4 is 0 Å². The Labute approximate surface area is 209 Å². The Morgan fingerprint density at radius 3 is 1.76 bits per heavy atom. The predicted octanol–water partition coefficient (Wildman–Crippen LogP) is 7.65. The largest absolute Gasteiger partial charge is 0.384 e. The van der Waals surface area contributed by atoms with E-state index in [-0.39, 0.29) is 17.6 Å². The molecule has 2 nitrogen and oxygen atoms in total. The van der Waals surface area contributed by atoms with E-state index in [2.05, 4.69) is 0 Å². The average Bonchev–Trinajstić information content (AvgIpc) is 3.20. The lowest BCUT2D eigenvalue weighted by Gasteiger charge is -2.32.